The average Bonchev–Trinajstić information content (AvgIpc) is 2.15. The summed E-state index contributed by atoms with van der Waals surface area (Å²) in [4.78, 5) is 10.9. The van der Waals surface area contributed by atoms with Gasteiger partial charge >= 0.3 is 0 Å². The van der Waals surface area contributed by atoms with Gasteiger partial charge in [-0.1, -0.05) is 6.07 Å². The molecule has 15 heavy (non-hydrogen) atoms. The molecule has 0 N–H and O–H groups in total. The monoisotopic (exact) mass is 248 g/mol. The topological polar surface area (TPSA) is 60.4 Å². The summed E-state index contributed by atoms with van der Waals surface area (Å²) in [6.07, 6.45) is 1.04. The molecule has 0 saturated carbocycles. The molecule has 82 valence electrons. The molecule has 0 spiro atoms. The van der Waals surface area contributed by atoms with Gasteiger partial charge in [0.1, 0.15) is 10.6 Å². The van der Waals surface area contributed by atoms with Gasteiger partial charge in [0.2, 0.25) is 0 Å². The van der Waals surface area contributed by atoms with E-state index in [1.807, 2.05) is 0 Å². The van der Waals surface area contributed by atoms with Gasteiger partial charge in [-0.15, -0.1) is 0 Å². The molecule has 1 rings (SSSR count). The predicted molar refractivity (Wildman–Crippen MR) is 56.3 cm³/mol. The fraction of sp³-hybridized carbons (Fsp3) is 0.222. The van der Waals surface area contributed by atoms with E-state index in [-0.39, 0.29) is 16.2 Å². The van der Waals surface area contributed by atoms with Gasteiger partial charge in [0.25, 0.3) is 5.24 Å². The molecule has 0 saturated heterocycles. The fourth-order valence-corrected chi connectivity index (χ4v) is 2.18. The first kappa shape index (κ1) is 12.0. The van der Waals surface area contributed by atoms with Gasteiger partial charge in [0, 0.05) is 6.26 Å². The summed E-state index contributed by atoms with van der Waals surface area (Å²) in [5, 5.41) is -0.752. The molecule has 0 aromatic heterocycles. The summed E-state index contributed by atoms with van der Waals surface area (Å²) in [7, 11) is -2.15. The summed E-state index contributed by atoms with van der Waals surface area (Å²) >= 11 is 5.30. The molecule has 1 aromatic rings. The minimum atomic E-state index is -3.44. The SMILES string of the molecule is COc1c(C(=O)Cl)cccc1S(C)(=O)=O. The first-order chi connectivity index (χ1) is 6.88. The summed E-state index contributed by atoms with van der Waals surface area (Å²) in [6, 6.07) is 4.20. The summed E-state index contributed by atoms with van der Waals surface area (Å²) < 4.78 is 27.6. The highest BCUT2D eigenvalue weighted by atomic mass is 35.5. The Labute approximate surface area is 92.7 Å². The van der Waals surface area contributed by atoms with Gasteiger partial charge in [-0.3, -0.25) is 4.79 Å². The van der Waals surface area contributed by atoms with E-state index in [1.165, 1.54) is 25.3 Å². The van der Waals surface area contributed by atoms with Gasteiger partial charge in [0.15, 0.2) is 9.84 Å². The van der Waals surface area contributed by atoms with Crippen LogP contribution in [0.4, 0.5) is 0 Å². The van der Waals surface area contributed by atoms with Crippen LogP contribution in [0.25, 0.3) is 0 Å². The van der Waals surface area contributed by atoms with E-state index in [1.54, 1.807) is 0 Å². The highest BCUT2D eigenvalue weighted by Crippen LogP contribution is 2.28. The summed E-state index contributed by atoms with van der Waals surface area (Å²) in [6.45, 7) is 0. The van der Waals surface area contributed by atoms with E-state index >= 15 is 0 Å². The molecule has 4 nitrogen and oxygen atoms in total. The van der Waals surface area contributed by atoms with Crippen LogP contribution in [0, 0.1) is 0 Å². The summed E-state index contributed by atoms with van der Waals surface area (Å²) in [5.74, 6) is -0.0139. The molecule has 0 heterocycles. The third kappa shape index (κ3) is 2.49. The highest BCUT2D eigenvalue weighted by Gasteiger charge is 2.19. The van der Waals surface area contributed by atoms with Crippen molar-refractivity contribution in [1.29, 1.82) is 0 Å². The van der Waals surface area contributed by atoms with Crippen LogP contribution < -0.4 is 4.74 Å². The van der Waals surface area contributed by atoms with Gasteiger partial charge in [0.05, 0.1) is 12.7 Å². The zero-order valence-electron chi connectivity index (χ0n) is 8.15. The molecule has 0 amide bonds. The standard InChI is InChI=1S/C9H9ClO4S/c1-14-8-6(9(10)11)4-3-5-7(8)15(2,12)13/h3-5H,1-2H3. The van der Waals surface area contributed by atoms with Crippen molar-refractivity contribution < 1.29 is 17.9 Å². The van der Waals surface area contributed by atoms with E-state index in [9.17, 15) is 13.2 Å². The Morgan fingerprint density at radius 3 is 2.40 bits per heavy atom. The van der Waals surface area contributed by atoms with E-state index in [0.717, 1.165) is 6.26 Å². The Balaban J connectivity index is 3.56. The van der Waals surface area contributed by atoms with Gasteiger partial charge in [-0.05, 0) is 23.7 Å². The van der Waals surface area contributed by atoms with Crippen molar-refractivity contribution in [2.24, 2.45) is 0 Å². The second kappa shape index (κ2) is 4.20. The van der Waals surface area contributed by atoms with Gasteiger partial charge in [-0.2, -0.15) is 0 Å². The lowest BCUT2D eigenvalue weighted by Crippen LogP contribution is -2.04. The normalized spacial score (nSPS) is 11.1. The van der Waals surface area contributed by atoms with Crippen LogP contribution in [0.2, 0.25) is 0 Å². The quantitative estimate of drug-likeness (QED) is 0.760. The van der Waals surface area contributed by atoms with Crippen molar-refractivity contribution in [2.75, 3.05) is 13.4 Å². The first-order valence-corrected chi connectivity index (χ1v) is 6.21. The molecular formula is C9H9ClO4S. The molecule has 0 aliphatic rings. The van der Waals surface area contributed by atoms with Crippen molar-refractivity contribution in [3.05, 3.63) is 23.8 Å². The molecule has 0 unspecified atom stereocenters. The number of para-hydroxylation sites is 1. The number of carbonyl (C=O) groups excluding carboxylic acids is 1. The van der Waals surface area contributed by atoms with Gasteiger partial charge in [-0.25, -0.2) is 8.42 Å². The van der Waals surface area contributed by atoms with Crippen LogP contribution in [0.3, 0.4) is 0 Å². The second-order valence-electron chi connectivity index (χ2n) is 2.88. The van der Waals surface area contributed by atoms with Crippen molar-refractivity contribution in [1.82, 2.24) is 0 Å². The number of carbonyl (C=O) groups is 1. The molecule has 0 aliphatic heterocycles. The molecule has 0 radical (unpaired) electrons. The Morgan fingerprint density at radius 2 is 2.00 bits per heavy atom. The number of hydrogen-bond donors (Lipinski definition) is 0. The van der Waals surface area contributed by atoms with Crippen molar-refractivity contribution >= 4 is 26.7 Å². The number of halogens is 1. The number of rotatable bonds is 3. The van der Waals surface area contributed by atoms with E-state index in [2.05, 4.69) is 0 Å². The Hall–Kier alpha value is -1.07. The summed E-state index contributed by atoms with van der Waals surface area (Å²) in [5.41, 5.74) is 0.0436. The molecule has 0 atom stereocenters. The highest BCUT2D eigenvalue weighted by molar-refractivity contribution is 7.90. The number of benzene rings is 1. The molecular weight excluding hydrogens is 240 g/mol. The third-order valence-electron chi connectivity index (χ3n) is 1.79. The lowest BCUT2D eigenvalue weighted by atomic mass is 10.2. The Bertz CT molecular complexity index is 493. The predicted octanol–water partition coefficient (Wildman–Crippen LogP) is 1.48. The van der Waals surface area contributed by atoms with Crippen molar-refractivity contribution in [3.8, 4) is 5.75 Å². The van der Waals surface area contributed by atoms with Crippen LogP contribution in [0.1, 0.15) is 10.4 Å². The van der Waals surface area contributed by atoms with Crippen LogP contribution in [-0.4, -0.2) is 27.0 Å². The zero-order valence-corrected chi connectivity index (χ0v) is 9.72. The maximum Gasteiger partial charge on any atom is 0.256 e. The maximum absolute atomic E-state index is 11.4. The van der Waals surface area contributed by atoms with E-state index in [0.29, 0.717) is 0 Å². The number of methoxy groups -OCH3 is 1. The lowest BCUT2D eigenvalue weighted by molar-refractivity contribution is 0.107. The number of sulfone groups is 1. The van der Waals surface area contributed by atoms with E-state index < -0.39 is 15.1 Å². The maximum atomic E-state index is 11.4. The van der Waals surface area contributed by atoms with Crippen LogP contribution in [-0.2, 0) is 9.84 Å². The molecule has 0 bridgehead atoms. The molecule has 6 heteroatoms. The van der Waals surface area contributed by atoms with E-state index in [4.69, 9.17) is 16.3 Å². The van der Waals surface area contributed by atoms with Crippen molar-refractivity contribution in [2.45, 2.75) is 4.90 Å². The Morgan fingerprint density at radius 1 is 1.40 bits per heavy atom. The minimum absolute atomic E-state index is 0.0139. The van der Waals surface area contributed by atoms with Crippen LogP contribution in [0.5, 0.6) is 5.75 Å². The fourth-order valence-electron chi connectivity index (χ4n) is 1.17. The first-order valence-electron chi connectivity index (χ1n) is 3.95. The van der Waals surface area contributed by atoms with Crippen LogP contribution in [0.15, 0.2) is 23.1 Å². The van der Waals surface area contributed by atoms with Crippen LogP contribution >= 0.6 is 11.6 Å². The van der Waals surface area contributed by atoms with Crippen molar-refractivity contribution in [3.63, 3.8) is 0 Å². The number of ether oxygens (including phenoxy) is 1. The average molecular weight is 249 g/mol. The largest absolute Gasteiger partial charge is 0.495 e. The Kier molecular flexibility index (Phi) is 3.36. The smallest absolute Gasteiger partial charge is 0.256 e. The molecule has 1 aromatic carbocycles. The third-order valence-corrected chi connectivity index (χ3v) is 3.12. The zero-order chi connectivity index (χ0) is 11.6. The molecule has 0 aliphatic carbocycles. The molecule has 0 fully saturated rings. The lowest BCUT2D eigenvalue weighted by Gasteiger charge is -2.09. The number of hydrogen-bond acceptors (Lipinski definition) is 4. The minimum Gasteiger partial charge on any atom is -0.495 e. The van der Waals surface area contributed by atoms with Gasteiger partial charge < -0.3 is 4.74 Å². The second-order valence-corrected chi connectivity index (χ2v) is 5.21.